The SMILES string of the molecule is CC1(C)SCN(S(=O)(=O)c2ccccc2)[C@H]1C(=O)N[C@@H](CCCCCCCc1ccc2c(n1)NCCC2)C(=O)O. The molecule has 9 nitrogen and oxygen atoms in total. The minimum Gasteiger partial charge on any atom is -0.480 e. The molecule has 2 atom stereocenters. The summed E-state index contributed by atoms with van der Waals surface area (Å²) in [6, 6.07) is 10.2. The number of benzene rings is 1. The number of carbonyl (C=O) groups excluding carboxylic acids is 1. The van der Waals surface area contributed by atoms with Crippen molar-refractivity contribution in [3.8, 4) is 0 Å². The molecule has 4 rings (SSSR count). The highest BCUT2D eigenvalue weighted by Gasteiger charge is 2.51. The Morgan fingerprint density at radius 1 is 1.12 bits per heavy atom. The van der Waals surface area contributed by atoms with E-state index in [2.05, 4.69) is 22.8 Å². The molecule has 40 heavy (non-hydrogen) atoms. The van der Waals surface area contributed by atoms with Gasteiger partial charge in [0.05, 0.1) is 10.8 Å². The normalized spacial score (nSPS) is 19.4. The number of aromatic nitrogens is 1. The van der Waals surface area contributed by atoms with Gasteiger partial charge in [-0.1, -0.05) is 49.9 Å². The Labute approximate surface area is 241 Å². The molecule has 0 unspecified atom stereocenters. The molecule has 1 fully saturated rings. The highest BCUT2D eigenvalue weighted by molar-refractivity contribution is 8.02. The third-order valence-electron chi connectivity index (χ3n) is 7.60. The summed E-state index contributed by atoms with van der Waals surface area (Å²) in [7, 11) is -3.92. The molecule has 0 aliphatic carbocycles. The first-order valence-electron chi connectivity index (χ1n) is 14.1. The predicted molar refractivity (Wildman–Crippen MR) is 158 cm³/mol. The van der Waals surface area contributed by atoms with E-state index in [4.69, 9.17) is 4.98 Å². The van der Waals surface area contributed by atoms with Crippen LogP contribution in [0, 0.1) is 0 Å². The van der Waals surface area contributed by atoms with Gasteiger partial charge in [0.15, 0.2) is 0 Å². The number of aryl methyl sites for hydroxylation is 2. The fourth-order valence-electron chi connectivity index (χ4n) is 5.31. The maximum absolute atomic E-state index is 13.4. The van der Waals surface area contributed by atoms with Crippen molar-refractivity contribution in [1.82, 2.24) is 14.6 Å². The molecule has 3 heterocycles. The summed E-state index contributed by atoms with van der Waals surface area (Å²) in [6.07, 6.45) is 7.97. The standard InChI is InChI=1S/C29H40N4O5S2/c1-29(2)25(33(20-39-29)40(37,38)23-14-8-6-9-15-23)27(34)32-24(28(35)36)16-10-5-3-4-7-13-22-18-17-21-12-11-19-30-26(21)31-22/h6,8-9,14-15,17-18,24-25H,3-5,7,10-13,16,19-20H2,1-2H3,(H,30,31)(H,32,34)(H,35,36)/t24-,25-/m0/s1. The van der Waals surface area contributed by atoms with Crippen molar-refractivity contribution < 1.29 is 23.1 Å². The van der Waals surface area contributed by atoms with Gasteiger partial charge < -0.3 is 15.7 Å². The van der Waals surface area contributed by atoms with Crippen LogP contribution >= 0.6 is 11.8 Å². The number of anilines is 1. The number of aliphatic carboxylic acids is 1. The molecule has 2 aliphatic rings. The maximum Gasteiger partial charge on any atom is 0.326 e. The second-order valence-corrected chi connectivity index (χ2v) is 14.5. The third-order valence-corrected chi connectivity index (χ3v) is 11.0. The van der Waals surface area contributed by atoms with Crippen LogP contribution in [-0.2, 0) is 32.5 Å². The predicted octanol–water partition coefficient (Wildman–Crippen LogP) is 4.43. The van der Waals surface area contributed by atoms with Gasteiger partial charge >= 0.3 is 5.97 Å². The van der Waals surface area contributed by atoms with Crippen molar-refractivity contribution >= 4 is 39.5 Å². The fraction of sp³-hybridized carbons (Fsp3) is 0.552. The first-order valence-corrected chi connectivity index (χ1v) is 16.5. The lowest BCUT2D eigenvalue weighted by Crippen LogP contribution is -2.56. The van der Waals surface area contributed by atoms with Gasteiger partial charge in [-0.15, -0.1) is 11.8 Å². The molecule has 1 amide bonds. The molecule has 1 aromatic carbocycles. The zero-order valence-corrected chi connectivity index (χ0v) is 24.9. The number of rotatable bonds is 13. The number of nitrogens with one attached hydrogen (secondary N) is 2. The Morgan fingerprint density at radius 2 is 1.85 bits per heavy atom. The zero-order chi connectivity index (χ0) is 28.8. The van der Waals surface area contributed by atoms with E-state index in [9.17, 15) is 23.1 Å². The van der Waals surface area contributed by atoms with Gasteiger partial charge in [0.2, 0.25) is 15.9 Å². The van der Waals surface area contributed by atoms with E-state index in [0.717, 1.165) is 63.0 Å². The number of nitrogens with zero attached hydrogens (tertiary/aromatic N) is 2. The molecule has 1 saturated heterocycles. The van der Waals surface area contributed by atoms with Crippen LogP contribution in [-0.4, -0.2) is 63.9 Å². The van der Waals surface area contributed by atoms with E-state index in [1.807, 2.05) is 13.8 Å². The lowest BCUT2D eigenvalue weighted by molar-refractivity contribution is -0.142. The van der Waals surface area contributed by atoms with Crippen LogP contribution in [0.1, 0.15) is 70.1 Å². The molecule has 218 valence electrons. The van der Waals surface area contributed by atoms with Crippen LogP contribution < -0.4 is 10.6 Å². The van der Waals surface area contributed by atoms with Crippen molar-refractivity contribution in [3.05, 3.63) is 53.7 Å². The number of sulfonamides is 1. The summed E-state index contributed by atoms with van der Waals surface area (Å²) in [5.41, 5.74) is 2.38. The Bertz CT molecular complexity index is 1290. The van der Waals surface area contributed by atoms with Gasteiger partial charge in [0.25, 0.3) is 0 Å². The first kappa shape index (κ1) is 30.3. The van der Waals surface area contributed by atoms with Crippen LogP contribution in [0.15, 0.2) is 47.4 Å². The summed E-state index contributed by atoms with van der Waals surface area (Å²) in [5.74, 6) is -0.543. The monoisotopic (exact) mass is 588 g/mol. The summed E-state index contributed by atoms with van der Waals surface area (Å²) >= 11 is 1.37. The van der Waals surface area contributed by atoms with Gasteiger partial charge in [0, 0.05) is 17.0 Å². The number of fused-ring (bicyclic) bond motifs is 1. The summed E-state index contributed by atoms with van der Waals surface area (Å²) in [4.78, 5) is 30.2. The second kappa shape index (κ2) is 13.4. The minimum atomic E-state index is -3.92. The fourth-order valence-corrected chi connectivity index (χ4v) is 8.50. The van der Waals surface area contributed by atoms with E-state index in [-0.39, 0.29) is 10.8 Å². The summed E-state index contributed by atoms with van der Waals surface area (Å²) in [6.45, 7) is 4.60. The molecular formula is C29H40N4O5S2. The van der Waals surface area contributed by atoms with Crippen molar-refractivity contribution in [2.45, 2.75) is 93.4 Å². The number of pyridine rings is 1. The minimum absolute atomic E-state index is 0.111. The van der Waals surface area contributed by atoms with Crippen LogP contribution in [0.3, 0.4) is 0 Å². The number of hydrogen-bond acceptors (Lipinski definition) is 7. The number of carboxylic acid groups (broad SMARTS) is 1. The largest absolute Gasteiger partial charge is 0.480 e. The topological polar surface area (TPSA) is 129 Å². The van der Waals surface area contributed by atoms with E-state index in [0.29, 0.717) is 12.8 Å². The van der Waals surface area contributed by atoms with Crippen molar-refractivity contribution in [2.24, 2.45) is 0 Å². The van der Waals surface area contributed by atoms with E-state index in [1.54, 1.807) is 18.2 Å². The molecule has 11 heteroatoms. The molecule has 1 aromatic heterocycles. The van der Waals surface area contributed by atoms with Gasteiger partial charge in [-0.3, -0.25) is 4.79 Å². The van der Waals surface area contributed by atoms with Crippen molar-refractivity contribution in [3.63, 3.8) is 0 Å². The number of carbonyl (C=O) groups is 2. The maximum atomic E-state index is 13.4. The number of hydrogen-bond donors (Lipinski definition) is 3. The Kier molecular flexibility index (Phi) is 10.1. The lowest BCUT2D eigenvalue weighted by atomic mass is 10.0. The molecule has 2 aliphatic heterocycles. The Hall–Kier alpha value is -2.63. The third kappa shape index (κ3) is 7.36. The molecule has 0 radical (unpaired) electrons. The first-order chi connectivity index (χ1) is 19.1. The number of unbranched alkanes of at least 4 members (excludes halogenated alkanes) is 4. The highest BCUT2D eigenvalue weighted by atomic mass is 32.2. The molecule has 0 spiro atoms. The van der Waals surface area contributed by atoms with Crippen LogP contribution in [0.5, 0.6) is 0 Å². The number of thioether (sulfide) groups is 1. The zero-order valence-electron chi connectivity index (χ0n) is 23.3. The van der Waals surface area contributed by atoms with E-state index < -0.39 is 38.7 Å². The summed E-state index contributed by atoms with van der Waals surface area (Å²) in [5, 5.41) is 15.8. The summed E-state index contributed by atoms with van der Waals surface area (Å²) < 4.78 is 27.1. The lowest BCUT2D eigenvalue weighted by Gasteiger charge is -2.30. The second-order valence-electron chi connectivity index (χ2n) is 11.0. The number of carboxylic acids is 1. The molecule has 0 saturated carbocycles. The quantitative estimate of drug-likeness (QED) is 0.293. The van der Waals surface area contributed by atoms with Crippen LogP contribution in [0.25, 0.3) is 0 Å². The van der Waals surface area contributed by atoms with Crippen molar-refractivity contribution in [1.29, 1.82) is 0 Å². The Morgan fingerprint density at radius 3 is 2.60 bits per heavy atom. The van der Waals surface area contributed by atoms with Gasteiger partial charge in [-0.2, -0.15) is 4.31 Å². The molecule has 3 N–H and O–H groups in total. The highest BCUT2D eigenvalue weighted by Crippen LogP contribution is 2.42. The van der Waals surface area contributed by atoms with E-state index >= 15 is 0 Å². The number of amides is 1. The molecular weight excluding hydrogens is 548 g/mol. The van der Waals surface area contributed by atoms with E-state index in [1.165, 1.54) is 33.8 Å². The average molecular weight is 589 g/mol. The smallest absolute Gasteiger partial charge is 0.326 e. The van der Waals surface area contributed by atoms with Gasteiger partial charge in [-0.05, 0) is 69.7 Å². The Balaban J connectivity index is 1.25. The van der Waals surface area contributed by atoms with Crippen LogP contribution in [0.4, 0.5) is 5.82 Å². The average Bonchev–Trinajstić information content (AvgIpc) is 3.27. The van der Waals surface area contributed by atoms with Crippen molar-refractivity contribution in [2.75, 3.05) is 17.7 Å². The van der Waals surface area contributed by atoms with Gasteiger partial charge in [0.1, 0.15) is 17.9 Å². The molecule has 2 aromatic rings. The van der Waals surface area contributed by atoms with Gasteiger partial charge in [-0.25, -0.2) is 18.2 Å². The van der Waals surface area contributed by atoms with Crippen LogP contribution in [0.2, 0.25) is 0 Å². The molecule has 0 bridgehead atoms.